The van der Waals surface area contributed by atoms with E-state index in [1.807, 2.05) is 20.8 Å². The summed E-state index contributed by atoms with van der Waals surface area (Å²) < 4.78 is 19.7. The first-order valence-corrected chi connectivity index (χ1v) is 8.97. The van der Waals surface area contributed by atoms with Gasteiger partial charge in [0.25, 0.3) is 0 Å². The van der Waals surface area contributed by atoms with Gasteiger partial charge in [0.1, 0.15) is 11.4 Å². The minimum Gasteiger partial charge on any atom is -0.444 e. The molecule has 0 radical (unpaired) electrons. The molecule has 136 valence electrons. The van der Waals surface area contributed by atoms with Gasteiger partial charge in [0.05, 0.1) is 5.56 Å². The summed E-state index contributed by atoms with van der Waals surface area (Å²) in [5, 5.41) is 0. The molecule has 0 saturated carbocycles. The van der Waals surface area contributed by atoms with Crippen LogP contribution in [-0.4, -0.2) is 34.5 Å². The number of ether oxygens (including phenoxy) is 1. The number of halogens is 1. The molecule has 0 aliphatic carbocycles. The highest BCUT2D eigenvalue weighted by molar-refractivity contribution is 5.98. The molecule has 25 heavy (non-hydrogen) atoms. The van der Waals surface area contributed by atoms with E-state index in [0.29, 0.717) is 12.8 Å². The second kappa shape index (κ2) is 6.43. The number of benzene rings is 1. The maximum Gasteiger partial charge on any atom is 0.410 e. The van der Waals surface area contributed by atoms with E-state index in [2.05, 4.69) is 0 Å². The van der Waals surface area contributed by atoms with E-state index in [-0.39, 0.29) is 35.4 Å². The van der Waals surface area contributed by atoms with Crippen LogP contribution in [0, 0.1) is 18.7 Å². The predicted octanol–water partition coefficient (Wildman–Crippen LogP) is 4.49. The van der Waals surface area contributed by atoms with Gasteiger partial charge in [-0.1, -0.05) is 6.07 Å². The van der Waals surface area contributed by atoms with Gasteiger partial charge >= 0.3 is 6.09 Å². The molecule has 2 fully saturated rings. The molecule has 2 saturated heterocycles. The van der Waals surface area contributed by atoms with E-state index < -0.39 is 11.4 Å². The van der Waals surface area contributed by atoms with E-state index in [0.717, 1.165) is 18.4 Å². The number of hydrogen-bond acceptors (Lipinski definition) is 3. The molecule has 2 aliphatic heterocycles. The van der Waals surface area contributed by atoms with Crippen LogP contribution in [0.3, 0.4) is 0 Å². The third-order valence-electron chi connectivity index (χ3n) is 5.10. The van der Waals surface area contributed by atoms with Crippen molar-refractivity contribution in [1.82, 2.24) is 4.90 Å². The summed E-state index contributed by atoms with van der Waals surface area (Å²) in [5.74, 6) is -0.821. The zero-order chi connectivity index (χ0) is 18.4. The quantitative estimate of drug-likeness (QED) is 0.740. The van der Waals surface area contributed by atoms with Crippen LogP contribution >= 0.6 is 0 Å². The summed E-state index contributed by atoms with van der Waals surface area (Å²) in [6, 6.07) is 4.76. The van der Waals surface area contributed by atoms with Gasteiger partial charge in [-0.15, -0.1) is 0 Å². The Kier molecular flexibility index (Phi) is 4.60. The highest BCUT2D eigenvalue weighted by Crippen LogP contribution is 2.40. The fourth-order valence-electron chi connectivity index (χ4n) is 4.04. The van der Waals surface area contributed by atoms with Crippen molar-refractivity contribution in [3.63, 3.8) is 0 Å². The molecule has 2 bridgehead atoms. The van der Waals surface area contributed by atoms with Crippen LogP contribution in [0.5, 0.6) is 0 Å². The number of hydrogen-bond donors (Lipinski definition) is 0. The predicted molar refractivity (Wildman–Crippen MR) is 93.1 cm³/mol. The SMILES string of the molecule is Cc1ccc(C(=O)C2CC3CCC(C2)N3C(=O)OC(C)(C)C)c(F)c1. The van der Waals surface area contributed by atoms with Crippen molar-refractivity contribution >= 4 is 11.9 Å². The van der Waals surface area contributed by atoms with Gasteiger partial charge in [0.15, 0.2) is 5.78 Å². The van der Waals surface area contributed by atoms with Crippen molar-refractivity contribution in [2.24, 2.45) is 5.92 Å². The molecular weight excluding hydrogens is 321 g/mol. The van der Waals surface area contributed by atoms with Crippen molar-refractivity contribution < 1.29 is 18.7 Å². The Morgan fingerprint density at radius 2 is 1.76 bits per heavy atom. The normalized spacial score (nSPS) is 25.8. The highest BCUT2D eigenvalue weighted by atomic mass is 19.1. The standard InChI is InChI=1S/C20H26FNO3/c1-12-5-8-16(17(21)9-12)18(23)13-10-14-6-7-15(11-13)22(14)19(24)25-20(2,3)4/h5,8-9,13-15H,6-7,10-11H2,1-4H3. The average molecular weight is 347 g/mol. The number of carbonyl (C=O) groups excluding carboxylic acids is 2. The molecule has 4 nitrogen and oxygen atoms in total. The van der Waals surface area contributed by atoms with Crippen LogP contribution in [0.4, 0.5) is 9.18 Å². The number of Topliss-reactive ketones (excluding diaryl/α,β-unsaturated/α-hetero) is 1. The number of amides is 1. The number of piperidine rings is 1. The second-order valence-corrected chi connectivity index (χ2v) is 8.29. The monoisotopic (exact) mass is 347 g/mol. The highest BCUT2D eigenvalue weighted by Gasteiger charge is 2.46. The van der Waals surface area contributed by atoms with Gasteiger partial charge in [-0.05, 0) is 71.1 Å². The maximum atomic E-state index is 14.2. The number of nitrogens with zero attached hydrogens (tertiary/aromatic N) is 1. The third kappa shape index (κ3) is 3.70. The molecule has 5 heteroatoms. The first-order valence-electron chi connectivity index (χ1n) is 8.97. The van der Waals surface area contributed by atoms with Gasteiger partial charge in [0, 0.05) is 18.0 Å². The van der Waals surface area contributed by atoms with E-state index in [1.54, 1.807) is 24.0 Å². The molecule has 0 aromatic heterocycles. The Hall–Kier alpha value is -1.91. The van der Waals surface area contributed by atoms with Crippen LogP contribution in [0.1, 0.15) is 62.4 Å². The molecule has 0 N–H and O–H groups in total. The molecule has 2 atom stereocenters. The molecule has 1 aromatic carbocycles. The van der Waals surface area contributed by atoms with Crippen LogP contribution in [0.2, 0.25) is 0 Å². The van der Waals surface area contributed by atoms with Crippen LogP contribution in [0.25, 0.3) is 0 Å². The Balaban J connectivity index is 1.73. The third-order valence-corrected chi connectivity index (χ3v) is 5.10. The van der Waals surface area contributed by atoms with Crippen molar-refractivity contribution in [3.05, 3.63) is 35.1 Å². The fourth-order valence-corrected chi connectivity index (χ4v) is 4.04. The van der Waals surface area contributed by atoms with Gasteiger partial charge in [-0.3, -0.25) is 4.79 Å². The Morgan fingerprint density at radius 3 is 2.28 bits per heavy atom. The minimum absolute atomic E-state index is 0.0102. The lowest BCUT2D eigenvalue weighted by Gasteiger charge is -2.39. The molecule has 3 rings (SSSR count). The summed E-state index contributed by atoms with van der Waals surface area (Å²) >= 11 is 0. The topological polar surface area (TPSA) is 46.6 Å². The number of ketones is 1. The van der Waals surface area contributed by atoms with Crippen molar-refractivity contribution in [2.45, 2.75) is 71.1 Å². The summed E-state index contributed by atoms with van der Waals surface area (Å²) in [5.41, 5.74) is 0.434. The zero-order valence-corrected chi connectivity index (χ0v) is 15.3. The van der Waals surface area contributed by atoms with Gasteiger partial charge in [-0.2, -0.15) is 0 Å². The Labute approximate surface area is 148 Å². The van der Waals surface area contributed by atoms with Crippen molar-refractivity contribution in [3.8, 4) is 0 Å². The maximum absolute atomic E-state index is 14.2. The summed E-state index contributed by atoms with van der Waals surface area (Å²) in [6.07, 6.45) is 2.63. The molecular formula is C20H26FNO3. The van der Waals surface area contributed by atoms with Gasteiger partial charge in [0.2, 0.25) is 0 Å². The van der Waals surface area contributed by atoms with E-state index in [9.17, 15) is 14.0 Å². The average Bonchev–Trinajstić information content (AvgIpc) is 2.75. The Bertz CT molecular complexity index is 681. The van der Waals surface area contributed by atoms with Crippen molar-refractivity contribution in [1.29, 1.82) is 0 Å². The fraction of sp³-hybridized carbons (Fsp3) is 0.600. The molecule has 1 aromatic rings. The van der Waals surface area contributed by atoms with Crippen molar-refractivity contribution in [2.75, 3.05) is 0 Å². The largest absolute Gasteiger partial charge is 0.444 e. The number of rotatable bonds is 2. The molecule has 2 unspecified atom stereocenters. The second-order valence-electron chi connectivity index (χ2n) is 8.29. The zero-order valence-electron chi connectivity index (χ0n) is 15.3. The first-order chi connectivity index (χ1) is 11.7. The number of aryl methyl sites for hydroxylation is 1. The van der Waals surface area contributed by atoms with Crippen LogP contribution < -0.4 is 0 Å². The molecule has 0 spiro atoms. The van der Waals surface area contributed by atoms with E-state index in [1.165, 1.54) is 6.07 Å². The molecule has 2 heterocycles. The molecule has 2 aliphatic rings. The summed E-state index contributed by atoms with van der Waals surface area (Å²) in [7, 11) is 0. The van der Waals surface area contributed by atoms with E-state index >= 15 is 0 Å². The first kappa shape index (κ1) is 17.9. The van der Waals surface area contributed by atoms with Gasteiger partial charge < -0.3 is 9.64 Å². The van der Waals surface area contributed by atoms with Crippen LogP contribution in [-0.2, 0) is 4.74 Å². The number of carbonyl (C=O) groups is 2. The summed E-state index contributed by atoms with van der Waals surface area (Å²) in [4.78, 5) is 27.1. The smallest absolute Gasteiger partial charge is 0.410 e. The Morgan fingerprint density at radius 1 is 1.16 bits per heavy atom. The lowest BCUT2D eigenvalue weighted by molar-refractivity contribution is 0.00250. The van der Waals surface area contributed by atoms with Gasteiger partial charge in [-0.25, -0.2) is 9.18 Å². The summed E-state index contributed by atoms with van der Waals surface area (Å²) in [6.45, 7) is 7.35. The number of fused-ring (bicyclic) bond motifs is 2. The molecule has 1 amide bonds. The minimum atomic E-state index is -0.534. The lowest BCUT2D eigenvalue weighted by Crippen LogP contribution is -2.49. The van der Waals surface area contributed by atoms with Crippen LogP contribution in [0.15, 0.2) is 18.2 Å². The lowest BCUT2D eigenvalue weighted by atomic mass is 9.84. The van der Waals surface area contributed by atoms with E-state index in [4.69, 9.17) is 4.74 Å².